The fraction of sp³-hybridized carbons (Fsp3) is 0.542. The fourth-order valence-electron chi connectivity index (χ4n) is 3.81. The fourth-order valence-corrected chi connectivity index (χ4v) is 5.36. The van der Waals surface area contributed by atoms with E-state index in [4.69, 9.17) is 35.9 Å². The molecule has 2 N–H and O–H groups in total. The minimum absolute atomic E-state index is 0.169. The molecular formula is C24H30N2O11S2. The number of esters is 5. The Balaban J connectivity index is 2.32. The van der Waals surface area contributed by atoms with Crippen LogP contribution in [0.1, 0.15) is 61.8 Å². The number of nitrogens with one attached hydrogen (secondary N) is 2. The third-order valence-electron chi connectivity index (χ3n) is 5.15. The van der Waals surface area contributed by atoms with Gasteiger partial charge in [-0.15, -0.1) is 11.3 Å². The summed E-state index contributed by atoms with van der Waals surface area (Å²) in [6.45, 7) is 5.41. The number of rotatable bonds is 11. The standard InChI is InChI=1S/C24H30N2O11S2/c1-6-33-23(32)18-15-8-7-9-17(15)39-22(18)26-24(38)25-21(31)20(37-14(5)30)19(36-13(4)29)16(35-12(3)28)10-34-11(2)27/h16,19-20H,6-10H2,1-5H3,(H2,25,26,31,38). The molecule has 15 heteroatoms. The molecule has 3 unspecified atom stereocenters. The van der Waals surface area contributed by atoms with Gasteiger partial charge in [-0.1, -0.05) is 0 Å². The number of carbonyl (C=O) groups excluding carboxylic acids is 6. The SMILES string of the molecule is CCOC(=O)c1c(NC(=S)NC(=O)C(OC(C)=O)C(OC(C)=O)C(COC(C)=O)OC(C)=O)sc2c1CCC2. The lowest BCUT2D eigenvalue weighted by molar-refractivity contribution is -0.190. The molecule has 0 bridgehead atoms. The van der Waals surface area contributed by atoms with Crippen molar-refractivity contribution >= 4 is 69.4 Å². The van der Waals surface area contributed by atoms with Gasteiger partial charge in [0, 0.05) is 32.6 Å². The molecule has 0 saturated carbocycles. The highest BCUT2D eigenvalue weighted by Gasteiger charge is 2.42. The highest BCUT2D eigenvalue weighted by atomic mass is 32.1. The number of thiocarbonyl (C=S) groups is 1. The summed E-state index contributed by atoms with van der Waals surface area (Å²) in [5.74, 6) is -5.00. The summed E-state index contributed by atoms with van der Waals surface area (Å²) in [7, 11) is 0. The van der Waals surface area contributed by atoms with E-state index in [0.717, 1.165) is 51.0 Å². The molecule has 214 valence electrons. The van der Waals surface area contributed by atoms with Crippen molar-refractivity contribution < 1.29 is 52.5 Å². The summed E-state index contributed by atoms with van der Waals surface area (Å²) in [6, 6.07) is 0. The van der Waals surface area contributed by atoms with Crippen molar-refractivity contribution in [2.75, 3.05) is 18.5 Å². The molecule has 39 heavy (non-hydrogen) atoms. The Morgan fingerprint density at radius 3 is 2.10 bits per heavy atom. The highest BCUT2D eigenvalue weighted by Crippen LogP contribution is 2.39. The van der Waals surface area contributed by atoms with Gasteiger partial charge in [-0.25, -0.2) is 4.79 Å². The summed E-state index contributed by atoms with van der Waals surface area (Å²) in [6.07, 6.45) is -2.72. The average molecular weight is 587 g/mol. The number of amides is 1. The molecule has 0 aromatic carbocycles. The van der Waals surface area contributed by atoms with E-state index in [-0.39, 0.29) is 11.7 Å². The highest BCUT2D eigenvalue weighted by molar-refractivity contribution is 7.80. The monoisotopic (exact) mass is 586 g/mol. The van der Waals surface area contributed by atoms with Crippen LogP contribution in [0.25, 0.3) is 0 Å². The molecule has 2 rings (SSSR count). The maximum Gasteiger partial charge on any atom is 0.341 e. The van der Waals surface area contributed by atoms with Gasteiger partial charge in [0.15, 0.2) is 17.3 Å². The number of carbonyl (C=O) groups is 6. The smallest absolute Gasteiger partial charge is 0.341 e. The maximum atomic E-state index is 13.2. The summed E-state index contributed by atoms with van der Waals surface area (Å²) in [5, 5.41) is 5.27. The molecule has 0 spiro atoms. The molecule has 1 aliphatic carbocycles. The van der Waals surface area contributed by atoms with Crippen molar-refractivity contribution in [3.8, 4) is 0 Å². The molecule has 1 amide bonds. The van der Waals surface area contributed by atoms with Gasteiger partial charge >= 0.3 is 29.8 Å². The van der Waals surface area contributed by atoms with E-state index in [2.05, 4.69) is 10.6 Å². The molecular weight excluding hydrogens is 556 g/mol. The Morgan fingerprint density at radius 2 is 1.54 bits per heavy atom. The van der Waals surface area contributed by atoms with Crippen LogP contribution >= 0.6 is 23.6 Å². The van der Waals surface area contributed by atoms with E-state index in [1.807, 2.05) is 0 Å². The van der Waals surface area contributed by atoms with E-state index < -0.39 is 60.7 Å². The third kappa shape index (κ3) is 9.28. The molecule has 0 fully saturated rings. The first kappa shape index (κ1) is 31.6. The number of anilines is 1. The first-order valence-corrected chi connectivity index (χ1v) is 13.1. The van der Waals surface area contributed by atoms with Crippen LogP contribution in [0.15, 0.2) is 0 Å². The first-order chi connectivity index (χ1) is 18.3. The molecule has 1 aromatic rings. The summed E-state index contributed by atoms with van der Waals surface area (Å²) in [5.41, 5.74) is 1.19. The van der Waals surface area contributed by atoms with Crippen molar-refractivity contribution in [1.82, 2.24) is 5.32 Å². The largest absolute Gasteiger partial charge is 0.462 e. The lowest BCUT2D eigenvalue weighted by Crippen LogP contribution is -2.55. The normalized spacial score (nSPS) is 14.1. The van der Waals surface area contributed by atoms with Crippen LogP contribution in [-0.4, -0.2) is 72.4 Å². The average Bonchev–Trinajstić information content (AvgIpc) is 3.39. The van der Waals surface area contributed by atoms with Crippen LogP contribution in [0.2, 0.25) is 0 Å². The van der Waals surface area contributed by atoms with Crippen LogP contribution < -0.4 is 10.6 Å². The Morgan fingerprint density at radius 1 is 0.897 bits per heavy atom. The van der Waals surface area contributed by atoms with Crippen molar-refractivity contribution in [1.29, 1.82) is 0 Å². The molecule has 0 aliphatic heterocycles. The van der Waals surface area contributed by atoms with Crippen molar-refractivity contribution in [2.45, 2.75) is 72.2 Å². The Bertz CT molecular complexity index is 1150. The summed E-state index contributed by atoms with van der Waals surface area (Å²) in [4.78, 5) is 73.6. The second kappa shape index (κ2) is 14.5. The zero-order chi connectivity index (χ0) is 29.3. The topological polar surface area (TPSA) is 173 Å². The number of fused-ring (bicyclic) bond motifs is 1. The van der Waals surface area contributed by atoms with Gasteiger partial charge in [-0.05, 0) is 44.0 Å². The Hall–Kier alpha value is -3.59. The van der Waals surface area contributed by atoms with E-state index in [1.54, 1.807) is 6.92 Å². The molecule has 0 saturated heterocycles. The third-order valence-corrected chi connectivity index (χ3v) is 6.56. The number of hydrogen-bond acceptors (Lipinski definition) is 13. The Kier molecular flexibility index (Phi) is 11.8. The summed E-state index contributed by atoms with van der Waals surface area (Å²) < 4.78 is 25.5. The van der Waals surface area contributed by atoms with Gasteiger partial charge < -0.3 is 29.0 Å². The van der Waals surface area contributed by atoms with E-state index in [9.17, 15) is 28.8 Å². The van der Waals surface area contributed by atoms with Crippen LogP contribution in [0.4, 0.5) is 5.00 Å². The quantitative estimate of drug-likeness (QED) is 0.218. The molecule has 3 atom stereocenters. The predicted molar refractivity (Wildman–Crippen MR) is 140 cm³/mol. The molecule has 13 nitrogen and oxygen atoms in total. The van der Waals surface area contributed by atoms with E-state index in [0.29, 0.717) is 17.0 Å². The molecule has 1 aromatic heterocycles. The van der Waals surface area contributed by atoms with Crippen LogP contribution in [-0.2, 0) is 60.5 Å². The van der Waals surface area contributed by atoms with Crippen molar-refractivity contribution in [3.05, 3.63) is 16.0 Å². The van der Waals surface area contributed by atoms with Crippen LogP contribution in [0.3, 0.4) is 0 Å². The van der Waals surface area contributed by atoms with Gasteiger partial charge in [-0.2, -0.15) is 0 Å². The minimum atomic E-state index is -1.87. The number of hydrogen-bond donors (Lipinski definition) is 2. The molecule has 0 radical (unpaired) electrons. The lowest BCUT2D eigenvalue weighted by atomic mass is 10.1. The minimum Gasteiger partial charge on any atom is -0.462 e. The van der Waals surface area contributed by atoms with E-state index >= 15 is 0 Å². The number of ether oxygens (including phenoxy) is 5. The predicted octanol–water partition coefficient (Wildman–Crippen LogP) is 1.58. The van der Waals surface area contributed by atoms with E-state index in [1.165, 1.54) is 11.3 Å². The zero-order valence-electron chi connectivity index (χ0n) is 22.1. The number of aryl methyl sites for hydroxylation is 1. The second-order valence-electron chi connectivity index (χ2n) is 8.28. The molecule has 1 aliphatic rings. The summed E-state index contributed by atoms with van der Waals surface area (Å²) >= 11 is 6.57. The Labute approximate surface area is 233 Å². The van der Waals surface area contributed by atoms with Gasteiger partial charge in [0.05, 0.1) is 12.2 Å². The number of thiophene rings is 1. The van der Waals surface area contributed by atoms with Gasteiger partial charge in [0.1, 0.15) is 11.6 Å². The second-order valence-corrected chi connectivity index (χ2v) is 9.79. The van der Waals surface area contributed by atoms with Crippen molar-refractivity contribution in [2.24, 2.45) is 0 Å². The van der Waals surface area contributed by atoms with Gasteiger partial charge in [0.2, 0.25) is 6.10 Å². The van der Waals surface area contributed by atoms with Crippen molar-refractivity contribution in [3.63, 3.8) is 0 Å². The van der Waals surface area contributed by atoms with Gasteiger partial charge in [-0.3, -0.25) is 29.3 Å². The first-order valence-electron chi connectivity index (χ1n) is 11.9. The lowest BCUT2D eigenvalue weighted by Gasteiger charge is -2.30. The van der Waals surface area contributed by atoms with Crippen LogP contribution in [0.5, 0.6) is 0 Å². The molecule has 1 heterocycles. The van der Waals surface area contributed by atoms with Crippen LogP contribution in [0, 0.1) is 0 Å². The zero-order valence-corrected chi connectivity index (χ0v) is 23.7. The van der Waals surface area contributed by atoms with Gasteiger partial charge in [0.25, 0.3) is 5.91 Å². The maximum absolute atomic E-state index is 13.2.